The summed E-state index contributed by atoms with van der Waals surface area (Å²) in [7, 11) is 0. The number of carbonyl (C=O) groups excluding carboxylic acids is 2. The lowest BCUT2D eigenvalue weighted by Gasteiger charge is -2.29. The number of aromatic hydroxyl groups is 1. The molecule has 0 spiro atoms. The van der Waals surface area contributed by atoms with Gasteiger partial charge in [0.05, 0.1) is 24.8 Å². The average molecular weight is 388 g/mol. The number of hydrogen-bond donors (Lipinski definition) is 3. The number of esters is 1. The van der Waals surface area contributed by atoms with Gasteiger partial charge in [-0.15, -0.1) is 0 Å². The van der Waals surface area contributed by atoms with E-state index in [1.165, 1.54) is 25.3 Å². The third kappa shape index (κ3) is 4.58. The van der Waals surface area contributed by atoms with Gasteiger partial charge in [0.25, 0.3) is 0 Å². The molecule has 1 aliphatic heterocycles. The van der Waals surface area contributed by atoms with Crippen molar-refractivity contribution >= 4 is 12.0 Å². The third-order valence-electron chi connectivity index (χ3n) is 5.28. The molecule has 1 aromatic rings. The van der Waals surface area contributed by atoms with Crippen molar-refractivity contribution in [3.05, 3.63) is 35.0 Å². The van der Waals surface area contributed by atoms with Gasteiger partial charge >= 0.3 is 12.0 Å². The van der Waals surface area contributed by atoms with Crippen LogP contribution in [0.1, 0.15) is 57.6 Å². The number of allylic oxidation sites excluding steroid dienone is 1. The predicted molar refractivity (Wildman–Crippen MR) is 104 cm³/mol. The first-order valence-corrected chi connectivity index (χ1v) is 9.90. The Labute approximate surface area is 165 Å². The second-order valence-electron chi connectivity index (χ2n) is 7.33. The molecule has 0 saturated heterocycles. The largest absolute Gasteiger partial charge is 0.504 e. The normalized spacial score (nSPS) is 20.4. The number of phenols is 1. The zero-order valence-corrected chi connectivity index (χ0v) is 16.4. The minimum atomic E-state index is -0.674. The molecule has 2 aliphatic rings. The van der Waals surface area contributed by atoms with Crippen LogP contribution in [0.25, 0.3) is 0 Å². The summed E-state index contributed by atoms with van der Waals surface area (Å²) < 4.78 is 11.0. The molecule has 1 heterocycles. The Morgan fingerprint density at radius 3 is 2.71 bits per heavy atom. The maximum absolute atomic E-state index is 12.9. The SMILES string of the molecule is CCOc1cc([C@@H]2NC(=O)NC(C)=C2C(=O)OCC2CCCCC2)ccc1O. The number of ether oxygens (including phenoxy) is 2. The molecule has 2 amide bonds. The van der Waals surface area contributed by atoms with Crippen LogP contribution in [0.4, 0.5) is 4.79 Å². The van der Waals surface area contributed by atoms with Crippen LogP contribution in [-0.4, -0.2) is 30.3 Å². The molecule has 1 saturated carbocycles. The highest BCUT2D eigenvalue weighted by Gasteiger charge is 2.33. The van der Waals surface area contributed by atoms with Gasteiger partial charge in [-0.1, -0.05) is 25.3 Å². The first kappa shape index (κ1) is 20.0. The maximum Gasteiger partial charge on any atom is 0.338 e. The number of rotatable bonds is 6. The van der Waals surface area contributed by atoms with Crippen LogP contribution < -0.4 is 15.4 Å². The van der Waals surface area contributed by atoms with Gasteiger partial charge < -0.3 is 25.2 Å². The van der Waals surface area contributed by atoms with Gasteiger partial charge in [0.1, 0.15) is 0 Å². The van der Waals surface area contributed by atoms with Crippen molar-refractivity contribution in [3.63, 3.8) is 0 Å². The van der Waals surface area contributed by atoms with E-state index >= 15 is 0 Å². The first-order valence-electron chi connectivity index (χ1n) is 9.90. The van der Waals surface area contributed by atoms with Crippen molar-refractivity contribution in [2.24, 2.45) is 5.92 Å². The van der Waals surface area contributed by atoms with Crippen LogP contribution in [0.15, 0.2) is 29.5 Å². The Hall–Kier alpha value is -2.70. The number of urea groups is 1. The fourth-order valence-electron chi connectivity index (χ4n) is 3.82. The quantitative estimate of drug-likeness (QED) is 0.648. The molecule has 28 heavy (non-hydrogen) atoms. The molecule has 0 aromatic heterocycles. The third-order valence-corrected chi connectivity index (χ3v) is 5.28. The molecule has 1 fully saturated rings. The highest BCUT2D eigenvalue weighted by molar-refractivity contribution is 5.95. The van der Waals surface area contributed by atoms with E-state index in [-0.39, 0.29) is 5.75 Å². The van der Waals surface area contributed by atoms with Crippen LogP contribution in [0.3, 0.4) is 0 Å². The molecule has 0 radical (unpaired) electrons. The molecule has 1 aromatic carbocycles. The van der Waals surface area contributed by atoms with Gasteiger partial charge in [-0.05, 0) is 50.3 Å². The summed E-state index contributed by atoms with van der Waals surface area (Å²) in [6, 6.07) is 3.73. The highest BCUT2D eigenvalue weighted by Crippen LogP contribution is 2.34. The molecular formula is C21H28N2O5. The van der Waals surface area contributed by atoms with Gasteiger partial charge in [-0.2, -0.15) is 0 Å². The van der Waals surface area contributed by atoms with Gasteiger partial charge in [0.15, 0.2) is 11.5 Å². The number of amides is 2. The first-order chi connectivity index (χ1) is 13.5. The highest BCUT2D eigenvalue weighted by atomic mass is 16.5. The fourth-order valence-corrected chi connectivity index (χ4v) is 3.82. The Balaban J connectivity index is 1.82. The molecule has 1 aliphatic carbocycles. The van der Waals surface area contributed by atoms with E-state index in [9.17, 15) is 14.7 Å². The molecule has 3 N–H and O–H groups in total. The van der Waals surface area contributed by atoms with E-state index in [1.54, 1.807) is 19.1 Å². The monoisotopic (exact) mass is 388 g/mol. The molecule has 7 nitrogen and oxygen atoms in total. The second kappa shape index (κ2) is 8.99. The summed E-state index contributed by atoms with van der Waals surface area (Å²) in [5, 5.41) is 15.4. The standard InChI is InChI=1S/C21H28N2O5/c1-3-27-17-11-15(9-10-16(17)24)19-18(13(2)22-21(26)23-19)20(25)28-12-14-7-5-4-6-8-14/h9-11,14,19,24H,3-8,12H2,1-2H3,(H2,22,23,26)/t19-/m0/s1. The summed E-state index contributed by atoms with van der Waals surface area (Å²) in [6.45, 7) is 4.29. The van der Waals surface area contributed by atoms with Crippen molar-refractivity contribution in [1.82, 2.24) is 10.6 Å². The van der Waals surface area contributed by atoms with Crippen LogP contribution >= 0.6 is 0 Å². The molecule has 1 atom stereocenters. The van der Waals surface area contributed by atoms with Gasteiger partial charge in [0.2, 0.25) is 0 Å². The number of benzene rings is 1. The zero-order chi connectivity index (χ0) is 20.1. The van der Waals surface area contributed by atoms with E-state index < -0.39 is 18.0 Å². The van der Waals surface area contributed by atoms with E-state index in [1.807, 2.05) is 6.92 Å². The van der Waals surface area contributed by atoms with Crippen LogP contribution in [0.2, 0.25) is 0 Å². The topological polar surface area (TPSA) is 96.9 Å². The van der Waals surface area contributed by atoms with Gasteiger partial charge in [-0.25, -0.2) is 9.59 Å². The van der Waals surface area contributed by atoms with Crippen molar-refractivity contribution in [2.75, 3.05) is 13.2 Å². The summed E-state index contributed by atoms with van der Waals surface area (Å²) in [5.74, 6) is 0.279. The number of nitrogens with one attached hydrogen (secondary N) is 2. The molecule has 3 rings (SSSR count). The second-order valence-corrected chi connectivity index (χ2v) is 7.33. The minimum Gasteiger partial charge on any atom is -0.504 e. The van der Waals surface area contributed by atoms with Crippen molar-refractivity contribution in [1.29, 1.82) is 0 Å². The van der Waals surface area contributed by atoms with E-state index in [4.69, 9.17) is 9.47 Å². The molecule has 152 valence electrons. The van der Waals surface area contributed by atoms with E-state index in [0.717, 1.165) is 12.8 Å². The van der Waals surface area contributed by atoms with Crippen LogP contribution in [-0.2, 0) is 9.53 Å². The zero-order valence-electron chi connectivity index (χ0n) is 16.4. The van der Waals surface area contributed by atoms with Gasteiger partial charge in [0, 0.05) is 5.70 Å². The summed E-state index contributed by atoms with van der Waals surface area (Å²) in [4.78, 5) is 24.9. The Morgan fingerprint density at radius 2 is 2.00 bits per heavy atom. The summed E-state index contributed by atoms with van der Waals surface area (Å²) in [5.41, 5.74) is 1.47. The summed E-state index contributed by atoms with van der Waals surface area (Å²) in [6.07, 6.45) is 5.77. The smallest absolute Gasteiger partial charge is 0.338 e. The lowest BCUT2D eigenvalue weighted by molar-refractivity contribution is -0.141. The maximum atomic E-state index is 12.9. The number of carbonyl (C=O) groups is 2. The van der Waals surface area contributed by atoms with E-state index in [2.05, 4.69) is 10.6 Å². The number of phenolic OH excluding ortho intramolecular Hbond substituents is 1. The van der Waals surface area contributed by atoms with Crippen molar-refractivity contribution in [3.8, 4) is 11.5 Å². The molecular weight excluding hydrogens is 360 g/mol. The van der Waals surface area contributed by atoms with Crippen molar-refractivity contribution in [2.45, 2.75) is 52.0 Å². The molecule has 7 heteroatoms. The van der Waals surface area contributed by atoms with Gasteiger partial charge in [-0.3, -0.25) is 0 Å². The lowest BCUT2D eigenvalue weighted by atomic mass is 9.90. The van der Waals surface area contributed by atoms with E-state index in [0.29, 0.717) is 41.7 Å². The van der Waals surface area contributed by atoms with Crippen LogP contribution in [0.5, 0.6) is 11.5 Å². The minimum absolute atomic E-state index is 0.00740. The summed E-state index contributed by atoms with van der Waals surface area (Å²) >= 11 is 0. The Bertz CT molecular complexity index is 768. The predicted octanol–water partition coefficient (Wildman–Crippen LogP) is 3.54. The average Bonchev–Trinajstić information content (AvgIpc) is 2.68. The molecule has 0 bridgehead atoms. The van der Waals surface area contributed by atoms with Crippen molar-refractivity contribution < 1.29 is 24.2 Å². The lowest BCUT2D eigenvalue weighted by Crippen LogP contribution is -2.45. The Kier molecular flexibility index (Phi) is 6.44. The number of hydrogen-bond acceptors (Lipinski definition) is 5. The molecule has 0 unspecified atom stereocenters. The van der Waals surface area contributed by atoms with Crippen LogP contribution in [0, 0.1) is 5.92 Å². The fraction of sp³-hybridized carbons (Fsp3) is 0.524. The Morgan fingerprint density at radius 1 is 1.25 bits per heavy atom.